The van der Waals surface area contributed by atoms with Gasteiger partial charge in [0.05, 0.1) is 18.1 Å². The van der Waals surface area contributed by atoms with Crippen molar-refractivity contribution in [1.82, 2.24) is 4.90 Å². The highest BCUT2D eigenvalue weighted by atomic mass is 19.1. The molecule has 0 saturated carbocycles. The highest BCUT2D eigenvalue weighted by Crippen LogP contribution is 2.19. The van der Waals surface area contributed by atoms with E-state index in [0.717, 1.165) is 18.2 Å². The van der Waals surface area contributed by atoms with Crippen molar-refractivity contribution in [1.29, 1.82) is 5.26 Å². The molecule has 0 aliphatic carbocycles. The molecular weight excluding hydrogens is 250 g/mol. The lowest BCUT2D eigenvalue weighted by atomic mass is 10.1. The third kappa shape index (κ3) is 4.58. The molecule has 0 heterocycles. The fourth-order valence-corrected chi connectivity index (χ4v) is 1.87. The Labute approximate surface area is 112 Å². The number of halogens is 2. The van der Waals surface area contributed by atoms with Crippen LogP contribution in [0, 0.1) is 28.9 Å². The van der Waals surface area contributed by atoms with Crippen LogP contribution >= 0.6 is 0 Å². The predicted octanol–water partition coefficient (Wildman–Crippen LogP) is 2.48. The van der Waals surface area contributed by atoms with Crippen molar-refractivity contribution in [3.8, 4) is 6.07 Å². The molecule has 0 aliphatic heterocycles. The van der Waals surface area contributed by atoms with Gasteiger partial charge in [-0.05, 0) is 31.7 Å². The first-order valence-electron chi connectivity index (χ1n) is 6.22. The van der Waals surface area contributed by atoms with Crippen LogP contribution in [-0.2, 0) is 0 Å². The van der Waals surface area contributed by atoms with Gasteiger partial charge < -0.3 is 5.11 Å². The second kappa shape index (κ2) is 7.17. The number of benzene rings is 1. The first-order valence-corrected chi connectivity index (χ1v) is 6.22. The smallest absolute Gasteiger partial charge is 0.129 e. The Morgan fingerprint density at radius 2 is 2.05 bits per heavy atom. The van der Waals surface area contributed by atoms with Crippen molar-refractivity contribution in [2.24, 2.45) is 5.92 Å². The van der Waals surface area contributed by atoms with Gasteiger partial charge in [-0.2, -0.15) is 5.26 Å². The molecule has 1 aromatic rings. The number of aliphatic hydroxyl groups excluding tert-OH is 1. The number of hydrogen-bond donors (Lipinski definition) is 1. The second-order valence-corrected chi connectivity index (χ2v) is 4.56. The molecule has 2 unspecified atom stereocenters. The molecule has 1 aromatic carbocycles. The molecule has 2 atom stereocenters. The predicted molar refractivity (Wildman–Crippen MR) is 68.2 cm³/mol. The summed E-state index contributed by atoms with van der Waals surface area (Å²) in [5.74, 6) is -1.38. The average Bonchev–Trinajstić information content (AvgIpc) is 2.40. The number of hydrogen-bond acceptors (Lipinski definition) is 3. The molecule has 5 heteroatoms. The summed E-state index contributed by atoms with van der Waals surface area (Å²) in [6, 6.07) is 5.12. The lowest BCUT2D eigenvalue weighted by Crippen LogP contribution is -2.32. The lowest BCUT2D eigenvalue weighted by Gasteiger charge is -2.24. The maximum Gasteiger partial charge on any atom is 0.129 e. The molecule has 0 aromatic heterocycles. The van der Waals surface area contributed by atoms with Crippen LogP contribution in [0.2, 0.25) is 0 Å². The fourth-order valence-electron chi connectivity index (χ4n) is 1.87. The maximum absolute atomic E-state index is 13.5. The zero-order chi connectivity index (χ0) is 14.4. The summed E-state index contributed by atoms with van der Waals surface area (Å²) in [5, 5.41) is 18.7. The molecule has 3 nitrogen and oxygen atoms in total. The van der Waals surface area contributed by atoms with E-state index in [4.69, 9.17) is 5.26 Å². The van der Waals surface area contributed by atoms with E-state index in [0.29, 0.717) is 13.1 Å². The largest absolute Gasteiger partial charge is 0.387 e. The van der Waals surface area contributed by atoms with Crippen LogP contribution in [0.5, 0.6) is 0 Å². The van der Waals surface area contributed by atoms with Crippen molar-refractivity contribution in [2.75, 3.05) is 19.6 Å². The van der Waals surface area contributed by atoms with Gasteiger partial charge in [0, 0.05) is 18.7 Å². The van der Waals surface area contributed by atoms with Crippen LogP contribution in [0.1, 0.15) is 25.5 Å². The first kappa shape index (κ1) is 15.5. The van der Waals surface area contributed by atoms with Crippen molar-refractivity contribution < 1.29 is 13.9 Å². The standard InChI is InChI=1S/C14H18F2N2O/c1-3-18(8-10(2)7-17)9-14(19)12-6-11(15)4-5-13(12)16/h4-6,10,14,19H,3,8-9H2,1-2H3. The summed E-state index contributed by atoms with van der Waals surface area (Å²) in [6.07, 6.45) is -1.11. The first-order chi connectivity index (χ1) is 8.97. The Morgan fingerprint density at radius 1 is 1.37 bits per heavy atom. The quantitative estimate of drug-likeness (QED) is 0.862. The molecular formula is C14H18F2N2O. The van der Waals surface area contributed by atoms with Crippen molar-refractivity contribution >= 4 is 0 Å². The van der Waals surface area contributed by atoms with Crippen LogP contribution < -0.4 is 0 Å². The van der Waals surface area contributed by atoms with Crippen LogP contribution in [0.3, 0.4) is 0 Å². The zero-order valence-electron chi connectivity index (χ0n) is 11.1. The Hall–Kier alpha value is -1.51. The van der Waals surface area contributed by atoms with E-state index in [1.165, 1.54) is 0 Å². The van der Waals surface area contributed by atoms with Gasteiger partial charge in [0.1, 0.15) is 11.6 Å². The summed E-state index contributed by atoms with van der Waals surface area (Å²) in [7, 11) is 0. The minimum absolute atomic E-state index is 0.0527. The average molecular weight is 268 g/mol. The number of nitriles is 1. The van der Waals surface area contributed by atoms with Gasteiger partial charge >= 0.3 is 0 Å². The molecule has 19 heavy (non-hydrogen) atoms. The van der Waals surface area contributed by atoms with Crippen molar-refractivity contribution in [3.05, 3.63) is 35.4 Å². The minimum atomic E-state index is -1.11. The van der Waals surface area contributed by atoms with E-state index in [9.17, 15) is 13.9 Å². The van der Waals surface area contributed by atoms with Gasteiger partial charge in [0.2, 0.25) is 0 Å². The van der Waals surface area contributed by atoms with Gasteiger partial charge in [0.15, 0.2) is 0 Å². The summed E-state index contributed by atoms with van der Waals surface area (Å²) in [6.45, 7) is 4.94. The van der Waals surface area contributed by atoms with E-state index < -0.39 is 17.7 Å². The third-order valence-electron chi connectivity index (χ3n) is 2.95. The SMILES string of the molecule is CCN(CC(C)C#N)CC(O)c1cc(F)ccc1F. The highest BCUT2D eigenvalue weighted by Gasteiger charge is 2.18. The molecule has 0 radical (unpaired) electrons. The molecule has 1 rings (SSSR count). The number of rotatable bonds is 6. The van der Waals surface area contributed by atoms with Gasteiger partial charge in [-0.3, -0.25) is 4.90 Å². The van der Waals surface area contributed by atoms with E-state index >= 15 is 0 Å². The molecule has 1 N–H and O–H groups in total. The molecule has 0 spiro atoms. The fraction of sp³-hybridized carbons (Fsp3) is 0.500. The number of aliphatic hydroxyl groups is 1. The molecule has 0 fully saturated rings. The zero-order valence-corrected chi connectivity index (χ0v) is 11.1. The van der Waals surface area contributed by atoms with Crippen LogP contribution in [-0.4, -0.2) is 29.6 Å². The number of nitrogens with zero attached hydrogens (tertiary/aromatic N) is 2. The van der Waals surface area contributed by atoms with Crippen LogP contribution in [0.4, 0.5) is 8.78 Å². The molecule has 0 saturated heterocycles. The Balaban J connectivity index is 2.74. The highest BCUT2D eigenvalue weighted by molar-refractivity contribution is 5.21. The van der Waals surface area contributed by atoms with E-state index in [2.05, 4.69) is 6.07 Å². The third-order valence-corrected chi connectivity index (χ3v) is 2.95. The maximum atomic E-state index is 13.5. The lowest BCUT2D eigenvalue weighted by molar-refractivity contribution is 0.108. The van der Waals surface area contributed by atoms with Gasteiger partial charge in [-0.15, -0.1) is 0 Å². The second-order valence-electron chi connectivity index (χ2n) is 4.56. The summed E-state index contributed by atoms with van der Waals surface area (Å²) >= 11 is 0. The van der Waals surface area contributed by atoms with E-state index in [1.54, 1.807) is 6.92 Å². The summed E-state index contributed by atoms with van der Waals surface area (Å²) in [5.41, 5.74) is -0.0527. The molecule has 104 valence electrons. The molecule has 0 aliphatic rings. The van der Waals surface area contributed by atoms with Crippen LogP contribution in [0.15, 0.2) is 18.2 Å². The van der Waals surface area contributed by atoms with E-state index in [1.807, 2.05) is 11.8 Å². The Kier molecular flexibility index (Phi) is 5.87. The topological polar surface area (TPSA) is 47.3 Å². The van der Waals surface area contributed by atoms with Crippen molar-refractivity contribution in [3.63, 3.8) is 0 Å². The minimum Gasteiger partial charge on any atom is -0.387 e. The monoisotopic (exact) mass is 268 g/mol. The van der Waals surface area contributed by atoms with Gasteiger partial charge in [0.25, 0.3) is 0 Å². The number of likely N-dealkylation sites (N-methyl/N-ethyl adjacent to an activating group) is 1. The van der Waals surface area contributed by atoms with Gasteiger partial charge in [-0.25, -0.2) is 8.78 Å². The van der Waals surface area contributed by atoms with Crippen molar-refractivity contribution in [2.45, 2.75) is 20.0 Å². The molecule has 0 amide bonds. The van der Waals surface area contributed by atoms with Gasteiger partial charge in [-0.1, -0.05) is 6.92 Å². The van der Waals surface area contributed by atoms with E-state index in [-0.39, 0.29) is 18.0 Å². The van der Waals surface area contributed by atoms with Crippen LogP contribution in [0.25, 0.3) is 0 Å². The summed E-state index contributed by atoms with van der Waals surface area (Å²) < 4.78 is 26.6. The normalized spacial score (nSPS) is 14.2. The Morgan fingerprint density at radius 3 is 2.63 bits per heavy atom. The Bertz CT molecular complexity index is 459. The molecule has 0 bridgehead atoms. The summed E-state index contributed by atoms with van der Waals surface area (Å²) in [4.78, 5) is 1.84.